The Morgan fingerprint density at radius 3 is 2.30 bits per heavy atom. The topological polar surface area (TPSA) is 58.6 Å². The quantitative estimate of drug-likeness (QED) is 0.271. The molecule has 5 nitrogen and oxygen atoms in total. The van der Waals surface area contributed by atoms with E-state index in [4.69, 9.17) is 16.3 Å². The SMILES string of the molecule is CC[C@@H](C)NC(=O)[C@@H](Cc1ccccc1)N(Cc1ccc(F)cc1)C(=O)CCCOc1ccc(Cl)cc1. The van der Waals surface area contributed by atoms with Crippen LogP contribution in [0.1, 0.15) is 44.2 Å². The molecule has 3 aromatic carbocycles. The number of halogens is 2. The molecule has 2 atom stereocenters. The van der Waals surface area contributed by atoms with Crippen LogP contribution in [0.4, 0.5) is 4.39 Å². The van der Waals surface area contributed by atoms with E-state index < -0.39 is 6.04 Å². The molecule has 0 fully saturated rings. The van der Waals surface area contributed by atoms with Crippen LogP contribution >= 0.6 is 11.6 Å². The lowest BCUT2D eigenvalue weighted by atomic mass is 10.0. The Morgan fingerprint density at radius 1 is 0.973 bits per heavy atom. The van der Waals surface area contributed by atoms with Gasteiger partial charge in [-0.3, -0.25) is 9.59 Å². The van der Waals surface area contributed by atoms with E-state index in [2.05, 4.69) is 5.32 Å². The van der Waals surface area contributed by atoms with Crippen molar-refractivity contribution in [2.75, 3.05) is 6.61 Å². The number of amides is 2. The number of ether oxygens (including phenoxy) is 1. The highest BCUT2D eigenvalue weighted by molar-refractivity contribution is 6.30. The van der Waals surface area contributed by atoms with Gasteiger partial charge in [0.15, 0.2) is 0 Å². The fourth-order valence-corrected chi connectivity index (χ4v) is 4.00. The highest BCUT2D eigenvalue weighted by Gasteiger charge is 2.30. The molecule has 0 radical (unpaired) electrons. The first-order chi connectivity index (χ1) is 17.9. The maximum absolute atomic E-state index is 13.6. The molecule has 196 valence electrons. The van der Waals surface area contributed by atoms with Crippen LogP contribution in [0.2, 0.25) is 5.02 Å². The summed E-state index contributed by atoms with van der Waals surface area (Å²) in [7, 11) is 0. The van der Waals surface area contributed by atoms with Crippen LogP contribution in [0.5, 0.6) is 5.75 Å². The van der Waals surface area contributed by atoms with Crippen molar-refractivity contribution in [1.29, 1.82) is 0 Å². The number of benzene rings is 3. The average molecular weight is 525 g/mol. The van der Waals surface area contributed by atoms with Gasteiger partial charge in [-0.15, -0.1) is 0 Å². The van der Waals surface area contributed by atoms with Crippen LogP contribution in [-0.2, 0) is 22.6 Å². The van der Waals surface area contributed by atoms with Gasteiger partial charge in [0.2, 0.25) is 11.8 Å². The fourth-order valence-electron chi connectivity index (χ4n) is 3.87. The van der Waals surface area contributed by atoms with Gasteiger partial charge in [-0.2, -0.15) is 0 Å². The summed E-state index contributed by atoms with van der Waals surface area (Å²) in [6.07, 6.45) is 1.83. The second kappa shape index (κ2) is 14.4. The minimum atomic E-state index is -0.717. The third-order valence-electron chi connectivity index (χ3n) is 6.16. The highest BCUT2D eigenvalue weighted by Crippen LogP contribution is 2.19. The molecule has 7 heteroatoms. The molecule has 0 heterocycles. The van der Waals surface area contributed by atoms with E-state index in [0.717, 1.165) is 17.5 Å². The van der Waals surface area contributed by atoms with E-state index in [0.29, 0.717) is 30.2 Å². The van der Waals surface area contributed by atoms with E-state index in [-0.39, 0.29) is 36.6 Å². The van der Waals surface area contributed by atoms with Crippen molar-refractivity contribution in [3.63, 3.8) is 0 Å². The molecule has 0 aliphatic rings. The van der Waals surface area contributed by atoms with Gasteiger partial charge in [0, 0.05) is 30.5 Å². The normalized spacial score (nSPS) is 12.4. The standard InChI is InChI=1S/C30H34ClFN2O3/c1-3-22(2)33-30(36)28(20-23-8-5-4-6-9-23)34(21-24-11-15-26(32)16-12-24)29(35)10-7-19-37-27-17-13-25(31)14-18-27/h4-6,8-9,11-18,22,28H,3,7,10,19-21H2,1-2H3,(H,33,36)/t22-,28-/m1/s1. The number of nitrogens with one attached hydrogen (secondary N) is 1. The summed E-state index contributed by atoms with van der Waals surface area (Å²) in [6.45, 7) is 4.49. The van der Waals surface area contributed by atoms with Crippen LogP contribution in [-0.4, -0.2) is 35.4 Å². The third kappa shape index (κ3) is 9.21. The molecular formula is C30H34ClFN2O3. The molecule has 3 aromatic rings. The van der Waals surface area contributed by atoms with Gasteiger partial charge >= 0.3 is 0 Å². The summed E-state index contributed by atoms with van der Waals surface area (Å²) < 4.78 is 19.3. The maximum Gasteiger partial charge on any atom is 0.243 e. The zero-order chi connectivity index (χ0) is 26.6. The van der Waals surface area contributed by atoms with E-state index in [1.165, 1.54) is 12.1 Å². The average Bonchev–Trinajstić information content (AvgIpc) is 2.91. The summed E-state index contributed by atoms with van der Waals surface area (Å²) in [4.78, 5) is 28.6. The van der Waals surface area contributed by atoms with Crippen molar-refractivity contribution >= 4 is 23.4 Å². The van der Waals surface area contributed by atoms with Crippen LogP contribution < -0.4 is 10.1 Å². The largest absolute Gasteiger partial charge is 0.494 e. The van der Waals surface area contributed by atoms with Crippen molar-refractivity contribution < 1.29 is 18.7 Å². The Labute approximate surface area is 223 Å². The molecule has 0 saturated heterocycles. The smallest absolute Gasteiger partial charge is 0.243 e. The molecule has 0 spiro atoms. The van der Waals surface area contributed by atoms with E-state index in [1.807, 2.05) is 44.2 Å². The van der Waals surface area contributed by atoms with Crippen molar-refractivity contribution in [1.82, 2.24) is 10.2 Å². The number of hydrogen-bond acceptors (Lipinski definition) is 3. The van der Waals surface area contributed by atoms with Crippen molar-refractivity contribution in [3.8, 4) is 5.75 Å². The Hall–Kier alpha value is -3.38. The number of carbonyl (C=O) groups is 2. The molecule has 0 aliphatic carbocycles. The highest BCUT2D eigenvalue weighted by atomic mass is 35.5. The lowest BCUT2D eigenvalue weighted by Gasteiger charge is -2.32. The Morgan fingerprint density at radius 2 is 1.65 bits per heavy atom. The summed E-state index contributed by atoms with van der Waals surface area (Å²) >= 11 is 5.92. The van der Waals surface area contributed by atoms with Gasteiger partial charge in [-0.1, -0.05) is 61.0 Å². The molecule has 3 rings (SSSR count). The number of hydrogen-bond donors (Lipinski definition) is 1. The predicted octanol–water partition coefficient (Wildman–Crippen LogP) is 6.19. The second-order valence-corrected chi connectivity index (χ2v) is 9.51. The van der Waals surface area contributed by atoms with E-state index >= 15 is 0 Å². The summed E-state index contributed by atoms with van der Waals surface area (Å²) in [6, 6.07) is 22.0. The predicted molar refractivity (Wildman–Crippen MR) is 145 cm³/mol. The van der Waals surface area contributed by atoms with E-state index in [9.17, 15) is 14.0 Å². The second-order valence-electron chi connectivity index (χ2n) is 9.08. The fraction of sp³-hybridized carbons (Fsp3) is 0.333. The van der Waals surface area contributed by atoms with Crippen LogP contribution in [0.3, 0.4) is 0 Å². The Bertz CT molecular complexity index is 1120. The minimum Gasteiger partial charge on any atom is -0.494 e. The van der Waals surface area contributed by atoms with Gasteiger partial charge < -0.3 is 15.0 Å². The minimum absolute atomic E-state index is 0.0266. The van der Waals surface area contributed by atoms with Gasteiger partial charge in [-0.25, -0.2) is 4.39 Å². The molecule has 0 aliphatic heterocycles. The van der Waals surface area contributed by atoms with Crippen molar-refractivity contribution in [2.45, 2.75) is 58.2 Å². The van der Waals surface area contributed by atoms with Gasteiger partial charge in [0.05, 0.1) is 6.61 Å². The Kier molecular flexibility index (Phi) is 11.0. The maximum atomic E-state index is 13.6. The van der Waals surface area contributed by atoms with Crippen molar-refractivity contribution in [3.05, 3.63) is 101 Å². The lowest BCUT2D eigenvalue weighted by molar-refractivity contribution is -0.141. The van der Waals surface area contributed by atoms with Crippen LogP contribution in [0.15, 0.2) is 78.9 Å². The molecule has 0 bridgehead atoms. The summed E-state index contributed by atoms with van der Waals surface area (Å²) in [5.41, 5.74) is 1.70. The zero-order valence-corrected chi connectivity index (χ0v) is 22.1. The molecule has 0 aromatic heterocycles. The number of carbonyl (C=O) groups excluding carboxylic acids is 2. The first-order valence-corrected chi connectivity index (χ1v) is 13.0. The van der Waals surface area contributed by atoms with Gasteiger partial charge in [0.1, 0.15) is 17.6 Å². The first-order valence-electron chi connectivity index (χ1n) is 12.6. The number of nitrogens with zero attached hydrogens (tertiary/aromatic N) is 1. The van der Waals surface area contributed by atoms with Crippen LogP contribution in [0, 0.1) is 5.82 Å². The third-order valence-corrected chi connectivity index (χ3v) is 6.41. The first kappa shape index (κ1) is 28.2. The summed E-state index contributed by atoms with van der Waals surface area (Å²) in [5, 5.41) is 3.67. The van der Waals surface area contributed by atoms with E-state index in [1.54, 1.807) is 41.3 Å². The zero-order valence-electron chi connectivity index (χ0n) is 21.3. The molecule has 37 heavy (non-hydrogen) atoms. The molecular weight excluding hydrogens is 491 g/mol. The Balaban J connectivity index is 1.78. The summed E-state index contributed by atoms with van der Waals surface area (Å²) in [5.74, 6) is -0.0402. The molecule has 0 unspecified atom stereocenters. The molecule has 1 N–H and O–H groups in total. The molecule has 2 amide bonds. The monoisotopic (exact) mass is 524 g/mol. The molecule has 0 saturated carbocycles. The van der Waals surface area contributed by atoms with Crippen LogP contribution in [0.25, 0.3) is 0 Å². The lowest BCUT2D eigenvalue weighted by Crippen LogP contribution is -2.52. The van der Waals surface area contributed by atoms with Gasteiger partial charge in [-0.05, 0) is 67.3 Å². The number of rotatable bonds is 13. The van der Waals surface area contributed by atoms with Crippen molar-refractivity contribution in [2.24, 2.45) is 0 Å². The van der Waals surface area contributed by atoms with Gasteiger partial charge in [0.25, 0.3) is 0 Å².